The predicted octanol–water partition coefficient (Wildman–Crippen LogP) is 6.53. The van der Waals surface area contributed by atoms with Gasteiger partial charge in [-0.3, -0.25) is 0 Å². The highest BCUT2D eigenvalue weighted by Gasteiger charge is 2.36. The molecule has 0 spiro atoms. The summed E-state index contributed by atoms with van der Waals surface area (Å²) < 4.78 is 0. The summed E-state index contributed by atoms with van der Waals surface area (Å²) in [6.45, 7) is 4.60. The zero-order chi connectivity index (χ0) is 21.0. The van der Waals surface area contributed by atoms with Gasteiger partial charge in [-0.05, 0) is 53.6 Å². The first-order valence-electron chi connectivity index (χ1n) is 10.5. The van der Waals surface area contributed by atoms with Crippen LogP contribution in [0.25, 0.3) is 16.7 Å². The molecule has 5 aromatic rings. The number of fused-ring (bicyclic) bond motifs is 3. The van der Waals surface area contributed by atoms with E-state index in [0.717, 1.165) is 22.4 Å². The van der Waals surface area contributed by atoms with Gasteiger partial charge >= 0.3 is 0 Å². The smallest absolute Gasteiger partial charge is 0.115 e. The average molecular weight is 403 g/mol. The van der Waals surface area contributed by atoms with Gasteiger partial charge in [0, 0.05) is 11.1 Å². The van der Waals surface area contributed by atoms with Crippen LogP contribution >= 0.6 is 0 Å². The van der Waals surface area contributed by atoms with Crippen molar-refractivity contribution in [3.05, 3.63) is 108 Å². The van der Waals surface area contributed by atoms with Gasteiger partial charge in [0.15, 0.2) is 0 Å². The Bertz CT molecular complexity index is 1370. The van der Waals surface area contributed by atoms with E-state index >= 15 is 0 Å². The summed E-state index contributed by atoms with van der Waals surface area (Å²) in [6, 6.07) is 33.7. The molecule has 4 aromatic carbocycles. The van der Waals surface area contributed by atoms with Gasteiger partial charge in [-0.15, -0.1) is 10.2 Å². The molecule has 0 saturated heterocycles. The lowest BCUT2D eigenvalue weighted by Crippen LogP contribution is -2.30. The van der Waals surface area contributed by atoms with E-state index in [0.29, 0.717) is 0 Å². The lowest BCUT2D eigenvalue weighted by Gasteiger charge is -2.41. The van der Waals surface area contributed by atoms with Crippen LogP contribution in [0.2, 0.25) is 0 Å². The Hall–Kier alpha value is -3.92. The second kappa shape index (κ2) is 6.54. The third-order valence-corrected chi connectivity index (χ3v) is 6.25. The SMILES string of the molecule is CC1(C)c2ccccc2N(c2ccc3nn(-c4ccccc4)nc3c2)c2ccccc21. The molecule has 0 bridgehead atoms. The van der Waals surface area contributed by atoms with Gasteiger partial charge < -0.3 is 4.90 Å². The Kier molecular flexibility index (Phi) is 3.78. The number of anilines is 3. The maximum Gasteiger partial charge on any atom is 0.115 e. The lowest BCUT2D eigenvalue weighted by molar-refractivity contribution is 0.632. The minimum absolute atomic E-state index is 0.0652. The highest BCUT2D eigenvalue weighted by atomic mass is 15.5. The molecular formula is C27H22N4. The average Bonchev–Trinajstić information content (AvgIpc) is 3.24. The molecule has 0 amide bonds. The summed E-state index contributed by atoms with van der Waals surface area (Å²) in [5, 5.41) is 9.43. The molecule has 4 heteroatoms. The monoisotopic (exact) mass is 402 g/mol. The molecule has 0 unspecified atom stereocenters. The number of rotatable bonds is 2. The first-order valence-corrected chi connectivity index (χ1v) is 10.5. The van der Waals surface area contributed by atoms with Crippen LogP contribution in [0.1, 0.15) is 25.0 Å². The number of hydrogen-bond acceptors (Lipinski definition) is 3. The normalized spacial score (nSPS) is 14.3. The molecule has 0 N–H and O–H groups in total. The fourth-order valence-corrected chi connectivity index (χ4v) is 4.67. The molecule has 0 atom stereocenters. The zero-order valence-corrected chi connectivity index (χ0v) is 17.5. The van der Waals surface area contributed by atoms with Crippen molar-refractivity contribution in [1.82, 2.24) is 15.0 Å². The molecule has 31 heavy (non-hydrogen) atoms. The fourth-order valence-electron chi connectivity index (χ4n) is 4.67. The molecular weight excluding hydrogens is 380 g/mol. The van der Waals surface area contributed by atoms with Gasteiger partial charge in [0.1, 0.15) is 11.0 Å². The van der Waals surface area contributed by atoms with Gasteiger partial charge in [0.05, 0.1) is 17.1 Å². The van der Waals surface area contributed by atoms with Crippen molar-refractivity contribution >= 4 is 28.1 Å². The molecule has 6 rings (SSSR count). The van der Waals surface area contributed by atoms with Crippen molar-refractivity contribution in [1.29, 1.82) is 0 Å². The number of hydrogen-bond donors (Lipinski definition) is 0. The standard InChI is InChI=1S/C27H22N4/c1-27(2)21-12-6-8-14-25(21)30(26-15-9-7-13-22(26)27)20-16-17-23-24(18-20)29-31(28-23)19-10-4-3-5-11-19/h3-18H,1-2H3. The van der Waals surface area contributed by atoms with Crippen LogP contribution in [0.15, 0.2) is 97.1 Å². The maximum atomic E-state index is 4.76. The molecule has 150 valence electrons. The molecule has 0 radical (unpaired) electrons. The highest BCUT2D eigenvalue weighted by Crippen LogP contribution is 2.51. The number of nitrogens with zero attached hydrogens (tertiary/aromatic N) is 4. The van der Waals surface area contributed by atoms with E-state index in [1.165, 1.54) is 22.5 Å². The molecule has 0 saturated carbocycles. The molecule has 4 nitrogen and oxygen atoms in total. The summed E-state index contributed by atoms with van der Waals surface area (Å²) in [5.74, 6) is 0. The number of aromatic nitrogens is 3. The van der Waals surface area contributed by atoms with Crippen LogP contribution in [0.4, 0.5) is 17.1 Å². The molecule has 2 heterocycles. The Balaban J connectivity index is 1.55. The van der Waals surface area contributed by atoms with E-state index in [1.807, 2.05) is 30.3 Å². The largest absolute Gasteiger partial charge is 0.310 e. The lowest BCUT2D eigenvalue weighted by atomic mass is 9.73. The van der Waals surface area contributed by atoms with Gasteiger partial charge in [0.2, 0.25) is 0 Å². The number of para-hydroxylation sites is 3. The quantitative estimate of drug-likeness (QED) is 0.337. The first-order chi connectivity index (χ1) is 15.1. The zero-order valence-electron chi connectivity index (χ0n) is 17.5. The van der Waals surface area contributed by atoms with E-state index in [9.17, 15) is 0 Å². The minimum atomic E-state index is -0.0652. The Morgan fingerprint density at radius 3 is 1.84 bits per heavy atom. The molecule has 1 aromatic heterocycles. The van der Waals surface area contributed by atoms with Gasteiger partial charge in [-0.2, -0.15) is 4.80 Å². The first kappa shape index (κ1) is 17.9. The third kappa shape index (κ3) is 2.68. The van der Waals surface area contributed by atoms with Crippen LogP contribution in [0.3, 0.4) is 0 Å². The van der Waals surface area contributed by atoms with E-state index in [-0.39, 0.29) is 5.41 Å². The van der Waals surface area contributed by atoms with Crippen LogP contribution < -0.4 is 4.90 Å². The Labute approximate surface area is 181 Å². The summed E-state index contributed by atoms with van der Waals surface area (Å²) in [4.78, 5) is 4.05. The van der Waals surface area contributed by atoms with Crippen LogP contribution in [-0.4, -0.2) is 15.0 Å². The van der Waals surface area contributed by atoms with Gasteiger partial charge in [0.25, 0.3) is 0 Å². The second-order valence-electron chi connectivity index (χ2n) is 8.49. The van der Waals surface area contributed by atoms with Crippen LogP contribution in [0.5, 0.6) is 0 Å². The van der Waals surface area contributed by atoms with Crippen molar-refractivity contribution in [3.8, 4) is 5.69 Å². The Morgan fingerprint density at radius 2 is 1.16 bits per heavy atom. The second-order valence-corrected chi connectivity index (χ2v) is 8.49. The Morgan fingerprint density at radius 1 is 0.581 bits per heavy atom. The molecule has 0 aliphatic carbocycles. The van der Waals surface area contributed by atoms with Crippen molar-refractivity contribution in [2.45, 2.75) is 19.3 Å². The third-order valence-electron chi connectivity index (χ3n) is 6.25. The van der Waals surface area contributed by atoms with E-state index in [2.05, 4.69) is 90.6 Å². The molecule has 0 fully saturated rings. The van der Waals surface area contributed by atoms with Gasteiger partial charge in [-0.25, -0.2) is 0 Å². The molecule has 1 aliphatic rings. The topological polar surface area (TPSA) is 34.0 Å². The summed E-state index contributed by atoms with van der Waals surface area (Å²) in [5.41, 5.74) is 8.79. The van der Waals surface area contributed by atoms with Crippen LogP contribution in [0, 0.1) is 0 Å². The maximum absolute atomic E-state index is 4.76. The van der Waals surface area contributed by atoms with Crippen molar-refractivity contribution in [3.63, 3.8) is 0 Å². The van der Waals surface area contributed by atoms with Crippen molar-refractivity contribution < 1.29 is 0 Å². The predicted molar refractivity (Wildman–Crippen MR) is 126 cm³/mol. The van der Waals surface area contributed by atoms with E-state index in [1.54, 1.807) is 4.80 Å². The molecule has 1 aliphatic heterocycles. The van der Waals surface area contributed by atoms with E-state index < -0.39 is 0 Å². The van der Waals surface area contributed by atoms with Crippen molar-refractivity contribution in [2.24, 2.45) is 0 Å². The van der Waals surface area contributed by atoms with Crippen molar-refractivity contribution in [2.75, 3.05) is 4.90 Å². The highest BCUT2D eigenvalue weighted by molar-refractivity contribution is 5.89. The van der Waals surface area contributed by atoms with Gasteiger partial charge in [-0.1, -0.05) is 68.4 Å². The minimum Gasteiger partial charge on any atom is -0.310 e. The number of benzene rings is 4. The van der Waals surface area contributed by atoms with E-state index in [4.69, 9.17) is 5.10 Å². The van der Waals surface area contributed by atoms with Crippen LogP contribution in [-0.2, 0) is 5.41 Å². The summed E-state index contributed by atoms with van der Waals surface area (Å²) in [7, 11) is 0. The fraction of sp³-hybridized carbons (Fsp3) is 0.111. The summed E-state index contributed by atoms with van der Waals surface area (Å²) >= 11 is 0. The summed E-state index contributed by atoms with van der Waals surface area (Å²) in [6.07, 6.45) is 0.